The van der Waals surface area contributed by atoms with Gasteiger partial charge in [-0.1, -0.05) is 42.5 Å². The minimum absolute atomic E-state index is 0.135. The van der Waals surface area contributed by atoms with Gasteiger partial charge in [0.05, 0.1) is 11.6 Å². The summed E-state index contributed by atoms with van der Waals surface area (Å²) in [6, 6.07) is 16.2. The van der Waals surface area contributed by atoms with Crippen LogP contribution in [0, 0.1) is 0 Å². The lowest BCUT2D eigenvalue weighted by Gasteiger charge is -2.15. The molecule has 1 atom stereocenters. The molecule has 0 radical (unpaired) electrons. The van der Waals surface area contributed by atoms with E-state index >= 15 is 0 Å². The predicted octanol–water partition coefficient (Wildman–Crippen LogP) is 3.10. The minimum atomic E-state index is -0.452. The van der Waals surface area contributed by atoms with E-state index in [1.807, 2.05) is 37.3 Å². The zero-order valence-electron chi connectivity index (χ0n) is 12.0. The first-order valence-electron chi connectivity index (χ1n) is 6.71. The Labute approximate surface area is 123 Å². The predicted molar refractivity (Wildman–Crippen MR) is 80.1 cm³/mol. The largest absolute Gasteiger partial charge is 0.426 e. The number of carbonyl (C=O) groups is 2. The number of carbonyl (C=O) groups excluding carboxylic acids is 2. The van der Waals surface area contributed by atoms with Crippen molar-refractivity contribution in [1.29, 1.82) is 0 Å². The molecule has 0 fully saturated rings. The van der Waals surface area contributed by atoms with Crippen molar-refractivity contribution in [3.63, 3.8) is 0 Å². The van der Waals surface area contributed by atoms with Crippen molar-refractivity contribution in [3.8, 4) is 5.75 Å². The van der Waals surface area contributed by atoms with Gasteiger partial charge in [0, 0.05) is 6.92 Å². The number of ether oxygens (including phenoxy) is 1. The summed E-state index contributed by atoms with van der Waals surface area (Å²) in [6.07, 6.45) is 0. The molecular weight excluding hydrogens is 266 g/mol. The fourth-order valence-corrected chi connectivity index (χ4v) is 2.00. The Morgan fingerprint density at radius 3 is 2.29 bits per heavy atom. The summed E-state index contributed by atoms with van der Waals surface area (Å²) in [6.45, 7) is 3.21. The van der Waals surface area contributed by atoms with Crippen molar-refractivity contribution in [2.24, 2.45) is 0 Å². The Morgan fingerprint density at radius 1 is 1.00 bits per heavy atom. The lowest BCUT2D eigenvalue weighted by molar-refractivity contribution is -0.131. The maximum absolute atomic E-state index is 12.3. The number of amides is 1. The number of benzene rings is 2. The molecule has 0 heterocycles. The van der Waals surface area contributed by atoms with Gasteiger partial charge in [0.1, 0.15) is 5.75 Å². The molecule has 0 aliphatic rings. The van der Waals surface area contributed by atoms with Crippen LogP contribution in [-0.2, 0) is 4.79 Å². The third-order valence-electron chi connectivity index (χ3n) is 3.03. The molecule has 0 saturated carbocycles. The zero-order valence-corrected chi connectivity index (χ0v) is 12.0. The minimum Gasteiger partial charge on any atom is -0.426 e. The summed E-state index contributed by atoms with van der Waals surface area (Å²) < 4.78 is 5.05. The standard InChI is InChI=1S/C17H17NO3/c1-12(14-8-4-3-5-9-14)18-17(20)15-10-6-7-11-16(15)21-13(2)19/h3-12H,1-2H3,(H,18,20)/t12-/m0/s1. The normalized spacial score (nSPS) is 11.5. The van der Waals surface area contributed by atoms with E-state index in [2.05, 4.69) is 5.32 Å². The van der Waals surface area contributed by atoms with Crippen molar-refractivity contribution < 1.29 is 14.3 Å². The van der Waals surface area contributed by atoms with Crippen molar-refractivity contribution in [2.75, 3.05) is 0 Å². The van der Waals surface area contributed by atoms with Crippen LogP contribution in [-0.4, -0.2) is 11.9 Å². The van der Waals surface area contributed by atoms with Gasteiger partial charge in [0.25, 0.3) is 5.91 Å². The van der Waals surface area contributed by atoms with E-state index in [0.717, 1.165) is 5.56 Å². The van der Waals surface area contributed by atoms with E-state index < -0.39 is 5.97 Å². The van der Waals surface area contributed by atoms with E-state index in [0.29, 0.717) is 5.56 Å². The molecule has 0 unspecified atom stereocenters. The van der Waals surface area contributed by atoms with E-state index in [9.17, 15) is 9.59 Å². The van der Waals surface area contributed by atoms with Crippen LogP contribution in [0.1, 0.15) is 35.8 Å². The van der Waals surface area contributed by atoms with Crippen molar-refractivity contribution in [1.82, 2.24) is 5.32 Å². The molecule has 0 aromatic heterocycles. The maximum atomic E-state index is 12.3. The first-order valence-corrected chi connectivity index (χ1v) is 6.71. The van der Waals surface area contributed by atoms with Gasteiger partial charge >= 0.3 is 5.97 Å². The summed E-state index contributed by atoms with van der Waals surface area (Å²) in [5.74, 6) is -0.461. The van der Waals surface area contributed by atoms with Crippen LogP contribution in [0.5, 0.6) is 5.75 Å². The molecule has 4 heteroatoms. The van der Waals surface area contributed by atoms with Crippen LogP contribution in [0.3, 0.4) is 0 Å². The lowest BCUT2D eigenvalue weighted by atomic mass is 10.1. The van der Waals surface area contributed by atoms with E-state index in [-0.39, 0.29) is 17.7 Å². The molecule has 1 N–H and O–H groups in total. The Kier molecular flexibility index (Phi) is 4.72. The summed E-state index contributed by atoms with van der Waals surface area (Å²) in [5, 5.41) is 2.90. The summed E-state index contributed by atoms with van der Waals surface area (Å²) in [5.41, 5.74) is 1.35. The van der Waals surface area contributed by atoms with Crippen LogP contribution in [0.2, 0.25) is 0 Å². The Hall–Kier alpha value is -2.62. The Bertz CT molecular complexity index is 637. The zero-order chi connectivity index (χ0) is 15.2. The quantitative estimate of drug-likeness (QED) is 0.693. The maximum Gasteiger partial charge on any atom is 0.308 e. The second kappa shape index (κ2) is 6.70. The highest BCUT2D eigenvalue weighted by atomic mass is 16.5. The molecule has 2 aromatic carbocycles. The first kappa shape index (κ1) is 14.8. The van der Waals surface area contributed by atoms with Gasteiger partial charge in [0.15, 0.2) is 0 Å². The Balaban J connectivity index is 2.15. The van der Waals surface area contributed by atoms with Crippen molar-refractivity contribution >= 4 is 11.9 Å². The molecule has 0 spiro atoms. The van der Waals surface area contributed by atoms with E-state index in [1.54, 1.807) is 24.3 Å². The lowest BCUT2D eigenvalue weighted by Crippen LogP contribution is -2.27. The van der Waals surface area contributed by atoms with E-state index in [4.69, 9.17) is 4.74 Å². The number of rotatable bonds is 4. The molecular formula is C17H17NO3. The number of hydrogen-bond donors (Lipinski definition) is 1. The van der Waals surface area contributed by atoms with Crippen molar-refractivity contribution in [3.05, 3.63) is 65.7 Å². The highest BCUT2D eigenvalue weighted by Gasteiger charge is 2.16. The third kappa shape index (κ3) is 3.92. The molecule has 1 amide bonds. The second-order valence-corrected chi connectivity index (χ2v) is 4.70. The average molecular weight is 283 g/mol. The molecule has 21 heavy (non-hydrogen) atoms. The van der Waals surface area contributed by atoms with Gasteiger partial charge in [-0.15, -0.1) is 0 Å². The van der Waals surface area contributed by atoms with Crippen LogP contribution < -0.4 is 10.1 Å². The molecule has 0 aliphatic carbocycles. The second-order valence-electron chi connectivity index (χ2n) is 4.70. The fourth-order valence-electron chi connectivity index (χ4n) is 2.00. The van der Waals surface area contributed by atoms with Gasteiger partial charge < -0.3 is 10.1 Å². The highest BCUT2D eigenvalue weighted by Crippen LogP contribution is 2.20. The van der Waals surface area contributed by atoms with Crippen LogP contribution in [0.4, 0.5) is 0 Å². The molecule has 4 nitrogen and oxygen atoms in total. The number of nitrogens with one attached hydrogen (secondary N) is 1. The summed E-state index contributed by atoms with van der Waals surface area (Å²) >= 11 is 0. The van der Waals surface area contributed by atoms with E-state index in [1.165, 1.54) is 6.92 Å². The molecule has 0 aliphatic heterocycles. The smallest absolute Gasteiger partial charge is 0.308 e. The number of para-hydroxylation sites is 1. The van der Waals surface area contributed by atoms with Crippen molar-refractivity contribution in [2.45, 2.75) is 19.9 Å². The van der Waals surface area contributed by atoms with Crippen LogP contribution in [0.25, 0.3) is 0 Å². The Morgan fingerprint density at radius 2 is 1.62 bits per heavy atom. The van der Waals surface area contributed by atoms with Gasteiger partial charge in [-0.25, -0.2) is 0 Å². The fraction of sp³-hybridized carbons (Fsp3) is 0.176. The SMILES string of the molecule is CC(=O)Oc1ccccc1C(=O)N[C@@H](C)c1ccccc1. The highest BCUT2D eigenvalue weighted by molar-refractivity contribution is 5.97. The first-order chi connectivity index (χ1) is 10.1. The number of esters is 1. The summed E-state index contributed by atoms with van der Waals surface area (Å²) in [7, 11) is 0. The number of hydrogen-bond acceptors (Lipinski definition) is 3. The third-order valence-corrected chi connectivity index (χ3v) is 3.03. The monoisotopic (exact) mass is 283 g/mol. The van der Waals surface area contributed by atoms with Crippen LogP contribution >= 0.6 is 0 Å². The van der Waals surface area contributed by atoms with Crippen LogP contribution in [0.15, 0.2) is 54.6 Å². The van der Waals surface area contributed by atoms with Gasteiger partial charge in [0.2, 0.25) is 0 Å². The molecule has 2 aromatic rings. The molecule has 0 bridgehead atoms. The average Bonchev–Trinajstić information content (AvgIpc) is 2.48. The topological polar surface area (TPSA) is 55.4 Å². The summed E-state index contributed by atoms with van der Waals surface area (Å²) in [4.78, 5) is 23.4. The molecule has 0 saturated heterocycles. The van der Waals surface area contributed by atoms with Gasteiger partial charge in [-0.2, -0.15) is 0 Å². The van der Waals surface area contributed by atoms with Gasteiger partial charge in [-0.3, -0.25) is 9.59 Å². The van der Waals surface area contributed by atoms with Gasteiger partial charge in [-0.05, 0) is 24.6 Å². The molecule has 2 rings (SSSR count). The molecule has 108 valence electrons.